The lowest BCUT2D eigenvalue weighted by molar-refractivity contribution is 0.0887. The number of carbonyl (C=O) groups is 1. The Morgan fingerprint density at radius 1 is 1.17 bits per heavy atom. The van der Waals surface area contributed by atoms with Gasteiger partial charge in [-0.3, -0.25) is 4.79 Å². The molecule has 0 heterocycles. The molecule has 1 aliphatic carbocycles. The third-order valence-electron chi connectivity index (χ3n) is 5.74. The Labute approximate surface area is 178 Å². The van der Waals surface area contributed by atoms with Crippen LogP contribution in [0.1, 0.15) is 61.4 Å². The van der Waals surface area contributed by atoms with Crippen LogP contribution in [-0.4, -0.2) is 23.1 Å². The summed E-state index contributed by atoms with van der Waals surface area (Å²) in [6, 6.07) is 12.6. The first-order valence-electron chi connectivity index (χ1n) is 10.4. The van der Waals surface area contributed by atoms with E-state index in [1.54, 1.807) is 0 Å². The van der Waals surface area contributed by atoms with Gasteiger partial charge in [-0.05, 0) is 51.0 Å². The highest BCUT2D eigenvalue weighted by Gasteiger charge is 2.35. The number of rotatable bonds is 7. The molecule has 2 aromatic carbocycles. The molecule has 158 valence electrons. The van der Waals surface area contributed by atoms with Crippen LogP contribution in [0.2, 0.25) is 0 Å². The normalized spacial score (nSPS) is 18.4. The van der Waals surface area contributed by atoms with Gasteiger partial charge in [0.25, 0.3) is 0 Å². The van der Waals surface area contributed by atoms with Gasteiger partial charge in [0.05, 0.1) is 7.11 Å². The van der Waals surface area contributed by atoms with Crippen molar-refractivity contribution in [2.24, 2.45) is 5.92 Å². The Morgan fingerprint density at radius 2 is 1.90 bits per heavy atom. The van der Waals surface area contributed by atoms with Crippen molar-refractivity contribution in [1.82, 2.24) is 0 Å². The van der Waals surface area contributed by atoms with E-state index in [4.69, 9.17) is 4.74 Å². The molecular formula is C26H30O4. The third kappa shape index (κ3) is 4.93. The number of allylic oxidation sites excluding steroid dienone is 4. The van der Waals surface area contributed by atoms with E-state index in [0.29, 0.717) is 6.42 Å². The highest BCUT2D eigenvalue weighted by Crippen LogP contribution is 2.43. The first-order chi connectivity index (χ1) is 14.4. The van der Waals surface area contributed by atoms with Crippen molar-refractivity contribution in [3.8, 4) is 17.2 Å². The van der Waals surface area contributed by atoms with Crippen LogP contribution >= 0.6 is 0 Å². The smallest absolute Gasteiger partial charge is 0.174 e. The molecule has 0 bridgehead atoms. The second-order valence-electron chi connectivity index (χ2n) is 8.15. The van der Waals surface area contributed by atoms with Crippen molar-refractivity contribution in [1.29, 1.82) is 0 Å². The van der Waals surface area contributed by atoms with E-state index in [9.17, 15) is 15.0 Å². The van der Waals surface area contributed by atoms with Crippen molar-refractivity contribution in [3.05, 3.63) is 76.9 Å². The molecule has 0 fully saturated rings. The van der Waals surface area contributed by atoms with Gasteiger partial charge in [0.2, 0.25) is 0 Å². The number of hydrogen-bond donors (Lipinski definition) is 2. The zero-order valence-corrected chi connectivity index (χ0v) is 17.9. The molecule has 2 aromatic rings. The van der Waals surface area contributed by atoms with E-state index in [0.717, 1.165) is 24.8 Å². The average Bonchev–Trinajstić information content (AvgIpc) is 2.73. The highest BCUT2D eigenvalue weighted by molar-refractivity contribution is 6.03. The summed E-state index contributed by atoms with van der Waals surface area (Å²) < 4.78 is 5.31. The Kier molecular flexibility index (Phi) is 6.99. The highest BCUT2D eigenvalue weighted by atomic mass is 16.5. The fourth-order valence-electron chi connectivity index (χ4n) is 4.24. The topological polar surface area (TPSA) is 66.8 Å². The van der Waals surface area contributed by atoms with Crippen LogP contribution in [0.3, 0.4) is 0 Å². The molecule has 2 N–H and O–H groups in total. The molecule has 0 spiro atoms. The minimum absolute atomic E-state index is 0.0313. The predicted octanol–water partition coefficient (Wildman–Crippen LogP) is 6.16. The van der Waals surface area contributed by atoms with Crippen molar-refractivity contribution in [3.63, 3.8) is 0 Å². The number of phenols is 2. The summed E-state index contributed by atoms with van der Waals surface area (Å²) in [5.41, 5.74) is 3.83. The molecule has 1 aliphatic rings. The standard InChI is InChI=1S/C26H30O4/c1-17(2)8-7-9-18-12-13-21(19-10-5-4-6-11-19)22(14-18)26(29)25-23(28)15-20(27)16-24(25)30-3/h4-6,8,10-12,15-16,21-22,27-28H,7,9,13-14H2,1-3H3. The van der Waals surface area contributed by atoms with E-state index < -0.39 is 0 Å². The van der Waals surface area contributed by atoms with Crippen molar-refractivity contribution in [2.75, 3.05) is 7.11 Å². The van der Waals surface area contributed by atoms with Gasteiger partial charge in [-0.1, -0.05) is 53.6 Å². The molecule has 4 nitrogen and oxygen atoms in total. The van der Waals surface area contributed by atoms with Crippen LogP contribution < -0.4 is 4.74 Å². The number of carbonyl (C=O) groups excluding carboxylic acids is 1. The van der Waals surface area contributed by atoms with Gasteiger partial charge < -0.3 is 14.9 Å². The second-order valence-corrected chi connectivity index (χ2v) is 8.15. The van der Waals surface area contributed by atoms with Gasteiger partial charge in [0.15, 0.2) is 5.78 Å². The van der Waals surface area contributed by atoms with E-state index in [2.05, 4.69) is 38.1 Å². The van der Waals surface area contributed by atoms with Gasteiger partial charge in [0, 0.05) is 18.1 Å². The molecule has 2 unspecified atom stereocenters. The maximum absolute atomic E-state index is 13.7. The van der Waals surface area contributed by atoms with Crippen molar-refractivity contribution in [2.45, 2.75) is 45.4 Å². The maximum Gasteiger partial charge on any atom is 0.174 e. The van der Waals surface area contributed by atoms with Crippen molar-refractivity contribution < 1.29 is 19.7 Å². The summed E-state index contributed by atoms with van der Waals surface area (Å²) in [5.74, 6) is -0.598. The van der Waals surface area contributed by atoms with E-state index in [-0.39, 0.29) is 40.4 Å². The Hall–Kier alpha value is -3.01. The average molecular weight is 407 g/mol. The number of phenolic OH excluding ortho intramolecular Hbond substituents is 2. The minimum Gasteiger partial charge on any atom is -0.508 e. The first-order valence-corrected chi connectivity index (χ1v) is 10.4. The number of methoxy groups -OCH3 is 1. The molecule has 3 rings (SSSR count). The SMILES string of the molecule is COc1cc(O)cc(O)c1C(=O)C1CC(CCC=C(C)C)=CCC1c1ccccc1. The fraction of sp³-hybridized carbons (Fsp3) is 0.346. The molecule has 0 saturated carbocycles. The van der Waals surface area contributed by atoms with Crippen molar-refractivity contribution >= 4 is 5.78 Å². The van der Waals surface area contributed by atoms with E-state index in [1.807, 2.05) is 18.2 Å². The zero-order valence-electron chi connectivity index (χ0n) is 17.9. The van der Waals surface area contributed by atoms with E-state index >= 15 is 0 Å². The number of benzene rings is 2. The molecule has 2 atom stereocenters. The molecule has 0 aromatic heterocycles. The number of aromatic hydroxyl groups is 2. The maximum atomic E-state index is 13.7. The number of ether oxygens (including phenoxy) is 1. The first kappa shape index (κ1) is 21.7. The van der Waals surface area contributed by atoms with Crippen LogP contribution in [0.25, 0.3) is 0 Å². The summed E-state index contributed by atoms with van der Waals surface area (Å²) in [4.78, 5) is 13.7. The summed E-state index contributed by atoms with van der Waals surface area (Å²) in [6.07, 6.45) is 7.81. The van der Waals surface area contributed by atoms with Crippen LogP contribution in [0.4, 0.5) is 0 Å². The van der Waals surface area contributed by atoms with Crippen LogP contribution in [-0.2, 0) is 0 Å². The van der Waals surface area contributed by atoms with Crippen LogP contribution in [0, 0.1) is 5.92 Å². The molecule has 4 heteroatoms. The molecule has 0 amide bonds. The minimum atomic E-state index is -0.302. The van der Waals surface area contributed by atoms with Crippen LogP contribution in [0.15, 0.2) is 65.8 Å². The Balaban J connectivity index is 1.96. The number of Topliss-reactive ketones (excluding diaryl/α,β-unsaturated/α-hetero) is 1. The zero-order chi connectivity index (χ0) is 21.7. The lowest BCUT2D eigenvalue weighted by Gasteiger charge is -2.31. The molecule has 0 aliphatic heterocycles. The fourth-order valence-corrected chi connectivity index (χ4v) is 4.24. The van der Waals surface area contributed by atoms with Gasteiger partial charge in [-0.15, -0.1) is 0 Å². The Morgan fingerprint density at radius 3 is 2.57 bits per heavy atom. The Bertz CT molecular complexity index is 952. The summed E-state index contributed by atoms with van der Waals surface area (Å²) in [7, 11) is 1.44. The summed E-state index contributed by atoms with van der Waals surface area (Å²) in [6.45, 7) is 4.18. The monoisotopic (exact) mass is 406 g/mol. The molecule has 0 saturated heterocycles. The number of hydrogen-bond acceptors (Lipinski definition) is 4. The van der Waals surface area contributed by atoms with E-state index in [1.165, 1.54) is 30.4 Å². The predicted molar refractivity (Wildman–Crippen MR) is 119 cm³/mol. The summed E-state index contributed by atoms with van der Waals surface area (Å²) >= 11 is 0. The lowest BCUT2D eigenvalue weighted by atomic mass is 9.72. The van der Waals surface area contributed by atoms with Gasteiger partial charge in [0.1, 0.15) is 22.8 Å². The third-order valence-corrected chi connectivity index (χ3v) is 5.74. The summed E-state index contributed by atoms with van der Waals surface area (Å²) in [5, 5.41) is 20.2. The molecular weight excluding hydrogens is 376 g/mol. The van der Waals surface area contributed by atoms with Gasteiger partial charge in [-0.25, -0.2) is 0 Å². The molecule has 30 heavy (non-hydrogen) atoms. The lowest BCUT2D eigenvalue weighted by Crippen LogP contribution is -2.26. The number of ketones is 1. The van der Waals surface area contributed by atoms with Gasteiger partial charge >= 0.3 is 0 Å². The molecule has 0 radical (unpaired) electrons. The van der Waals surface area contributed by atoms with Gasteiger partial charge in [-0.2, -0.15) is 0 Å². The largest absolute Gasteiger partial charge is 0.508 e. The second kappa shape index (κ2) is 9.66. The van der Waals surface area contributed by atoms with Crippen LogP contribution in [0.5, 0.6) is 17.2 Å². The quantitative estimate of drug-likeness (QED) is 0.427.